The van der Waals surface area contributed by atoms with E-state index >= 15 is 0 Å². The maximum atomic E-state index is 3.60. The van der Waals surface area contributed by atoms with Gasteiger partial charge in [-0.1, -0.05) is 59.7 Å². The summed E-state index contributed by atoms with van der Waals surface area (Å²) in [4.78, 5) is 0. The van der Waals surface area contributed by atoms with Crippen LogP contribution >= 0.6 is 0 Å². The van der Waals surface area contributed by atoms with Crippen LogP contribution in [0.1, 0.15) is 24.5 Å². The molecule has 2 aliphatic carbocycles. The van der Waals surface area contributed by atoms with Crippen LogP contribution in [-0.2, 0) is 26.2 Å². The van der Waals surface area contributed by atoms with Crippen molar-refractivity contribution in [1.82, 2.24) is 0 Å². The van der Waals surface area contributed by atoms with E-state index in [1.165, 1.54) is 32.4 Å². The summed E-state index contributed by atoms with van der Waals surface area (Å²) >= 11 is 0. The van der Waals surface area contributed by atoms with E-state index in [2.05, 4.69) is 66.4 Å². The molecule has 2 aliphatic rings. The summed E-state index contributed by atoms with van der Waals surface area (Å²) in [5, 5.41) is 4.92. The van der Waals surface area contributed by atoms with Gasteiger partial charge in [-0.15, -0.1) is 39.1 Å². The van der Waals surface area contributed by atoms with Gasteiger partial charge >= 0.3 is 26.2 Å². The quantitative estimate of drug-likeness (QED) is 0.370. The standard InChI is InChI=1S/C21H15.2ClH.Zr/c1-2-7-15-12-13-19-18-11-6-5-10-17(18)14-20(19)21(15)16-8-3-4-9-16;;;/h2-6,8,10-13H,9H2,1H3;2*1H;/q-1;;;+3/p-2. The number of hydrogen-bond donors (Lipinski definition) is 0. The second-order valence-corrected chi connectivity index (χ2v) is 5.34. The number of halogens is 2. The number of hydrogen-bond acceptors (Lipinski definition) is 0. The summed E-state index contributed by atoms with van der Waals surface area (Å²) in [6.07, 6.45) is 13.1. The molecule has 3 heteroatoms. The van der Waals surface area contributed by atoms with Gasteiger partial charge in [0.25, 0.3) is 0 Å². The molecule has 0 aliphatic heterocycles. The average Bonchev–Trinajstić information content (AvgIpc) is 3.14. The Balaban J connectivity index is 0.000000960. The van der Waals surface area contributed by atoms with E-state index in [4.69, 9.17) is 0 Å². The van der Waals surface area contributed by atoms with Crippen molar-refractivity contribution in [3.8, 4) is 0 Å². The zero-order valence-electron chi connectivity index (χ0n) is 13.2. The summed E-state index contributed by atoms with van der Waals surface area (Å²) in [7, 11) is 0. The molecule has 4 rings (SSSR count). The number of fused-ring (bicyclic) bond motifs is 2. The number of benzene rings is 2. The largest absolute Gasteiger partial charge is 3.00 e. The topological polar surface area (TPSA) is 0 Å². The molecule has 2 aromatic carbocycles. The Morgan fingerprint density at radius 2 is 1.83 bits per heavy atom. The van der Waals surface area contributed by atoms with E-state index in [0.717, 1.165) is 11.6 Å². The number of rotatable bonds is 1. The Labute approximate surface area is 173 Å². The zero-order valence-corrected chi connectivity index (χ0v) is 17.2. The third-order valence-corrected chi connectivity index (χ3v) is 4.07. The molecule has 0 bridgehead atoms. The molecule has 0 saturated heterocycles. The molecule has 117 valence electrons. The SMILES string of the molecule is CC=C=c1ccc2c(c1C1=CC=CC1)[C-]=c1ccccc1=2.[Cl-].[Cl-].[Zr+3]. The molecule has 0 heterocycles. The Morgan fingerprint density at radius 3 is 2.54 bits per heavy atom. The second-order valence-electron chi connectivity index (χ2n) is 5.34. The van der Waals surface area contributed by atoms with Gasteiger partial charge < -0.3 is 24.8 Å². The van der Waals surface area contributed by atoms with Gasteiger partial charge in [0.15, 0.2) is 0 Å². The summed E-state index contributed by atoms with van der Waals surface area (Å²) in [5.41, 5.74) is 7.24. The summed E-state index contributed by atoms with van der Waals surface area (Å²) < 4.78 is 0. The van der Waals surface area contributed by atoms with E-state index < -0.39 is 0 Å². The van der Waals surface area contributed by atoms with Crippen molar-refractivity contribution in [2.24, 2.45) is 0 Å². The minimum absolute atomic E-state index is 0. The smallest absolute Gasteiger partial charge is 1.00 e. The zero-order chi connectivity index (χ0) is 14.2. The van der Waals surface area contributed by atoms with Crippen molar-refractivity contribution >= 4 is 17.4 Å². The van der Waals surface area contributed by atoms with Gasteiger partial charge in [-0.05, 0) is 24.6 Å². The molecule has 0 spiro atoms. The normalized spacial score (nSPS) is 12.3. The van der Waals surface area contributed by atoms with Crippen molar-refractivity contribution in [2.45, 2.75) is 13.3 Å². The van der Waals surface area contributed by atoms with Crippen LogP contribution in [0.15, 0.2) is 60.7 Å². The van der Waals surface area contributed by atoms with Gasteiger partial charge in [-0.3, -0.25) is 0 Å². The molecule has 0 aromatic heterocycles. The molecule has 0 N–H and O–H groups in total. The van der Waals surface area contributed by atoms with E-state index in [-0.39, 0.29) is 51.0 Å². The second kappa shape index (κ2) is 8.84. The molecule has 0 amide bonds. The average molecular weight is 429 g/mol. The first kappa shape index (κ1) is 20.9. The minimum atomic E-state index is 0. The van der Waals surface area contributed by atoms with Crippen molar-refractivity contribution in [3.63, 3.8) is 0 Å². The van der Waals surface area contributed by atoms with Crippen LogP contribution in [0.5, 0.6) is 0 Å². The first-order chi connectivity index (χ1) is 10.4. The minimum Gasteiger partial charge on any atom is -1.00 e. The third-order valence-electron chi connectivity index (χ3n) is 4.07. The van der Waals surface area contributed by atoms with Gasteiger partial charge in [0, 0.05) is 0 Å². The fourth-order valence-corrected chi connectivity index (χ4v) is 3.16. The molecule has 24 heavy (non-hydrogen) atoms. The van der Waals surface area contributed by atoms with Crippen LogP contribution < -0.4 is 35.3 Å². The van der Waals surface area contributed by atoms with Gasteiger partial charge in [0.2, 0.25) is 0 Å². The maximum Gasteiger partial charge on any atom is 3.00 e. The predicted molar refractivity (Wildman–Crippen MR) is 87.7 cm³/mol. The van der Waals surface area contributed by atoms with Crippen molar-refractivity contribution < 1.29 is 51.0 Å². The summed E-state index contributed by atoms with van der Waals surface area (Å²) in [6, 6.07) is 12.9. The first-order valence-corrected chi connectivity index (χ1v) is 7.32. The maximum absolute atomic E-state index is 3.60. The Kier molecular flexibility index (Phi) is 7.72. The van der Waals surface area contributed by atoms with Crippen LogP contribution in [0.25, 0.3) is 17.4 Å². The predicted octanol–water partition coefficient (Wildman–Crippen LogP) is -2.70. The van der Waals surface area contributed by atoms with E-state index in [0.29, 0.717) is 0 Å². The summed E-state index contributed by atoms with van der Waals surface area (Å²) in [6.45, 7) is 2.01. The Morgan fingerprint density at radius 1 is 1.04 bits per heavy atom. The van der Waals surface area contributed by atoms with Gasteiger partial charge in [0.1, 0.15) is 0 Å². The Bertz CT molecular complexity index is 1060. The van der Waals surface area contributed by atoms with Crippen LogP contribution in [-0.4, -0.2) is 0 Å². The first-order valence-electron chi connectivity index (χ1n) is 7.32. The Hall–Kier alpha value is -1.10. The number of allylic oxidation sites excluding steroid dienone is 5. The van der Waals surface area contributed by atoms with E-state index in [9.17, 15) is 0 Å². The monoisotopic (exact) mass is 427 g/mol. The molecular weight excluding hydrogens is 414 g/mol. The molecule has 0 nitrogen and oxygen atoms in total. The van der Waals surface area contributed by atoms with Gasteiger partial charge in [0.05, 0.1) is 0 Å². The molecule has 0 fully saturated rings. The third kappa shape index (κ3) is 3.46. The molecule has 1 radical (unpaired) electrons. The molecule has 0 saturated carbocycles. The van der Waals surface area contributed by atoms with Gasteiger partial charge in [-0.2, -0.15) is 0 Å². The molecule has 0 atom stereocenters. The van der Waals surface area contributed by atoms with E-state index in [1.807, 2.05) is 13.0 Å². The van der Waals surface area contributed by atoms with Crippen LogP contribution in [0, 0.1) is 10.4 Å². The fraction of sp³-hybridized carbons (Fsp3) is 0.0952. The van der Waals surface area contributed by atoms with Crippen LogP contribution in [0.2, 0.25) is 0 Å². The summed E-state index contributed by atoms with van der Waals surface area (Å²) in [5.74, 6) is 0. The molecule has 0 unspecified atom stereocenters. The molecule has 2 aromatic rings. The van der Waals surface area contributed by atoms with Gasteiger partial charge in [-0.25, -0.2) is 0 Å². The van der Waals surface area contributed by atoms with Crippen molar-refractivity contribution in [2.75, 3.05) is 0 Å². The van der Waals surface area contributed by atoms with Crippen molar-refractivity contribution in [3.05, 3.63) is 92.7 Å². The fourth-order valence-electron chi connectivity index (χ4n) is 3.16. The molecular formula is C21H15Cl2Zr. The van der Waals surface area contributed by atoms with Crippen molar-refractivity contribution in [1.29, 1.82) is 0 Å². The van der Waals surface area contributed by atoms with Crippen LogP contribution in [0.3, 0.4) is 0 Å². The van der Waals surface area contributed by atoms with E-state index in [1.54, 1.807) is 0 Å². The van der Waals surface area contributed by atoms with Crippen LogP contribution in [0.4, 0.5) is 0 Å².